The zero-order chi connectivity index (χ0) is 25.0. The number of hydrogen-bond acceptors (Lipinski definition) is 7. The van der Waals surface area contributed by atoms with Crippen molar-refractivity contribution in [2.24, 2.45) is 0 Å². The fourth-order valence-electron chi connectivity index (χ4n) is 5.73. The van der Waals surface area contributed by atoms with Crippen LogP contribution in [-0.4, -0.2) is 93.4 Å². The average molecular weight is 494 g/mol. The standard InChI is InChI=1S/C29H39N3O4/c1-34-25-12-10-24(11-13-25)29(22-26(29)35-2)28(33)36-27(23-8-4-3-5-9-23)32-20-18-31(19-21-32)17-16-30-14-6-7-15-30/h3-5,8-13,26-27H,6-7,14-22H2,1-2H3/t26-,27?,29-/m1/s1. The fraction of sp³-hybridized carbons (Fsp3) is 0.552. The number of esters is 1. The lowest BCUT2D eigenvalue weighted by molar-refractivity contribution is -0.166. The summed E-state index contributed by atoms with van der Waals surface area (Å²) in [5.41, 5.74) is 1.15. The third-order valence-electron chi connectivity index (χ3n) is 8.12. The Balaban J connectivity index is 1.28. The van der Waals surface area contributed by atoms with E-state index in [0.29, 0.717) is 6.42 Å². The number of carbonyl (C=O) groups excluding carboxylic acids is 1. The predicted octanol–water partition coefficient (Wildman–Crippen LogP) is 3.31. The second-order valence-electron chi connectivity index (χ2n) is 10.2. The summed E-state index contributed by atoms with van der Waals surface area (Å²) in [6, 6.07) is 17.8. The van der Waals surface area contributed by atoms with E-state index >= 15 is 0 Å². The van der Waals surface area contributed by atoms with Crippen molar-refractivity contribution in [1.82, 2.24) is 14.7 Å². The van der Waals surface area contributed by atoms with Crippen LogP contribution in [0, 0.1) is 0 Å². The Morgan fingerprint density at radius 3 is 2.11 bits per heavy atom. The first-order valence-electron chi connectivity index (χ1n) is 13.3. The monoisotopic (exact) mass is 493 g/mol. The van der Waals surface area contributed by atoms with E-state index in [-0.39, 0.29) is 12.1 Å². The maximum atomic E-state index is 13.8. The Labute approximate surface area is 214 Å². The smallest absolute Gasteiger partial charge is 0.321 e. The average Bonchev–Trinajstić information content (AvgIpc) is 3.46. The third kappa shape index (κ3) is 5.30. The number of piperazine rings is 1. The van der Waals surface area contributed by atoms with Crippen LogP contribution in [0.3, 0.4) is 0 Å². The molecule has 2 saturated heterocycles. The molecule has 1 unspecified atom stereocenters. The minimum absolute atomic E-state index is 0.183. The molecule has 0 spiro atoms. The lowest BCUT2D eigenvalue weighted by atomic mass is 9.95. The van der Waals surface area contributed by atoms with Crippen LogP contribution in [0.1, 0.15) is 36.6 Å². The zero-order valence-electron chi connectivity index (χ0n) is 21.6. The summed E-state index contributed by atoms with van der Waals surface area (Å²) in [5.74, 6) is 0.548. The molecule has 0 amide bonds. The molecule has 0 aromatic heterocycles. The van der Waals surface area contributed by atoms with Crippen molar-refractivity contribution in [2.45, 2.75) is 37.0 Å². The van der Waals surface area contributed by atoms with Crippen LogP contribution in [0.4, 0.5) is 0 Å². The van der Waals surface area contributed by atoms with Gasteiger partial charge in [-0.05, 0) is 50.0 Å². The van der Waals surface area contributed by atoms with Crippen LogP contribution in [-0.2, 0) is 19.7 Å². The van der Waals surface area contributed by atoms with Crippen molar-refractivity contribution < 1.29 is 19.0 Å². The minimum Gasteiger partial charge on any atom is -0.497 e. The first-order chi connectivity index (χ1) is 17.6. The van der Waals surface area contributed by atoms with E-state index in [0.717, 1.165) is 56.1 Å². The molecule has 0 N–H and O–H groups in total. The van der Waals surface area contributed by atoms with Crippen molar-refractivity contribution in [3.63, 3.8) is 0 Å². The maximum absolute atomic E-state index is 13.8. The zero-order valence-corrected chi connectivity index (χ0v) is 21.6. The van der Waals surface area contributed by atoms with Crippen LogP contribution in [0.2, 0.25) is 0 Å². The van der Waals surface area contributed by atoms with E-state index in [1.54, 1.807) is 14.2 Å². The molecule has 5 rings (SSSR count). The molecule has 36 heavy (non-hydrogen) atoms. The molecule has 2 heterocycles. The highest BCUT2D eigenvalue weighted by atomic mass is 16.6. The first-order valence-corrected chi connectivity index (χ1v) is 13.3. The highest BCUT2D eigenvalue weighted by Crippen LogP contribution is 2.52. The lowest BCUT2D eigenvalue weighted by Crippen LogP contribution is -2.50. The summed E-state index contributed by atoms with van der Waals surface area (Å²) in [5, 5.41) is 0. The van der Waals surface area contributed by atoms with Crippen molar-refractivity contribution >= 4 is 5.97 Å². The molecule has 1 aliphatic carbocycles. The third-order valence-corrected chi connectivity index (χ3v) is 8.12. The summed E-state index contributed by atoms with van der Waals surface area (Å²) < 4.78 is 17.4. The van der Waals surface area contributed by atoms with Gasteiger partial charge in [0.25, 0.3) is 0 Å². The fourth-order valence-corrected chi connectivity index (χ4v) is 5.73. The van der Waals surface area contributed by atoms with E-state index in [9.17, 15) is 4.79 Å². The number of hydrogen-bond donors (Lipinski definition) is 0. The van der Waals surface area contributed by atoms with Crippen LogP contribution in [0.25, 0.3) is 0 Å². The number of methoxy groups -OCH3 is 2. The van der Waals surface area contributed by atoms with Crippen LogP contribution < -0.4 is 4.74 Å². The van der Waals surface area contributed by atoms with E-state index < -0.39 is 11.6 Å². The van der Waals surface area contributed by atoms with Crippen LogP contribution in [0.15, 0.2) is 54.6 Å². The second-order valence-corrected chi connectivity index (χ2v) is 10.2. The molecule has 7 nitrogen and oxygen atoms in total. The Morgan fingerprint density at radius 2 is 1.53 bits per heavy atom. The molecule has 2 aromatic carbocycles. The van der Waals surface area contributed by atoms with Gasteiger partial charge in [-0.25, -0.2) is 0 Å². The van der Waals surface area contributed by atoms with E-state index in [1.807, 2.05) is 42.5 Å². The second kappa shape index (κ2) is 11.3. The van der Waals surface area contributed by atoms with Crippen LogP contribution >= 0.6 is 0 Å². The van der Waals surface area contributed by atoms with Gasteiger partial charge in [-0.3, -0.25) is 14.6 Å². The Morgan fingerprint density at radius 1 is 0.889 bits per heavy atom. The Kier molecular flexibility index (Phi) is 7.91. The summed E-state index contributed by atoms with van der Waals surface area (Å²) >= 11 is 0. The number of carbonyl (C=O) groups is 1. The van der Waals surface area contributed by atoms with Gasteiger partial charge in [-0.2, -0.15) is 0 Å². The Bertz CT molecular complexity index is 987. The van der Waals surface area contributed by atoms with Crippen molar-refractivity contribution in [3.05, 3.63) is 65.7 Å². The van der Waals surface area contributed by atoms with Crippen molar-refractivity contribution in [2.75, 3.05) is 66.6 Å². The summed E-state index contributed by atoms with van der Waals surface area (Å²) in [4.78, 5) is 21.2. The largest absolute Gasteiger partial charge is 0.497 e. The number of likely N-dealkylation sites (tertiary alicyclic amines) is 1. The minimum atomic E-state index is -0.772. The molecular weight excluding hydrogens is 454 g/mol. The molecule has 0 bridgehead atoms. The normalized spacial score (nSPS) is 26.0. The van der Waals surface area contributed by atoms with Gasteiger partial charge in [0.1, 0.15) is 11.2 Å². The molecule has 3 aliphatic rings. The molecule has 194 valence electrons. The van der Waals surface area contributed by atoms with Gasteiger partial charge < -0.3 is 19.1 Å². The number of rotatable bonds is 10. The number of benzene rings is 2. The molecule has 3 atom stereocenters. The first kappa shape index (κ1) is 25.2. The lowest BCUT2D eigenvalue weighted by Gasteiger charge is -2.39. The number of nitrogens with zero attached hydrogens (tertiary/aromatic N) is 3. The summed E-state index contributed by atoms with van der Waals surface area (Å²) in [6.07, 6.45) is 2.70. The van der Waals surface area contributed by atoms with Gasteiger partial charge in [0, 0.05) is 51.9 Å². The van der Waals surface area contributed by atoms with Gasteiger partial charge in [-0.15, -0.1) is 0 Å². The van der Waals surface area contributed by atoms with Crippen molar-refractivity contribution in [1.29, 1.82) is 0 Å². The summed E-state index contributed by atoms with van der Waals surface area (Å²) in [6.45, 7) is 8.46. The molecular formula is C29H39N3O4. The Hall–Kier alpha value is -2.45. The van der Waals surface area contributed by atoms with Crippen LogP contribution in [0.5, 0.6) is 5.75 Å². The topological polar surface area (TPSA) is 54.5 Å². The quantitative estimate of drug-likeness (QED) is 0.471. The van der Waals surface area contributed by atoms with E-state index in [2.05, 4.69) is 26.8 Å². The van der Waals surface area contributed by atoms with Crippen molar-refractivity contribution in [3.8, 4) is 5.75 Å². The van der Waals surface area contributed by atoms with E-state index in [4.69, 9.17) is 14.2 Å². The molecule has 1 saturated carbocycles. The van der Waals surface area contributed by atoms with Gasteiger partial charge in [-0.1, -0.05) is 42.5 Å². The van der Waals surface area contributed by atoms with Gasteiger partial charge in [0.2, 0.25) is 0 Å². The SMILES string of the molecule is COc1ccc([C@]2(C(=O)OC(c3ccccc3)N3CCN(CCN4CCCC4)CC3)C[C@H]2OC)cc1. The molecule has 0 radical (unpaired) electrons. The molecule has 2 aromatic rings. The molecule has 2 aliphatic heterocycles. The van der Waals surface area contributed by atoms with Gasteiger partial charge >= 0.3 is 5.97 Å². The number of ether oxygens (including phenoxy) is 3. The molecule has 3 fully saturated rings. The van der Waals surface area contributed by atoms with E-state index in [1.165, 1.54) is 25.9 Å². The summed E-state index contributed by atoms with van der Waals surface area (Å²) in [7, 11) is 3.31. The maximum Gasteiger partial charge on any atom is 0.321 e. The van der Waals surface area contributed by atoms with Gasteiger partial charge in [0.15, 0.2) is 6.23 Å². The predicted molar refractivity (Wildman–Crippen MR) is 139 cm³/mol. The highest BCUT2D eigenvalue weighted by molar-refractivity contribution is 5.88. The van der Waals surface area contributed by atoms with Gasteiger partial charge in [0.05, 0.1) is 13.2 Å². The molecule has 7 heteroatoms. The highest BCUT2D eigenvalue weighted by Gasteiger charge is 2.64.